The number of hydrogen-bond donors (Lipinski definition) is 2. The third kappa shape index (κ3) is 3.63. The molecule has 20 heavy (non-hydrogen) atoms. The zero-order valence-electron chi connectivity index (χ0n) is 12.2. The maximum Gasteiger partial charge on any atom is 0.246 e. The van der Waals surface area contributed by atoms with E-state index in [2.05, 4.69) is 5.32 Å². The topological polar surface area (TPSA) is 73.6 Å². The molecule has 1 aromatic rings. The molecule has 5 nitrogen and oxygen atoms in total. The number of fused-ring (bicyclic) bond motifs is 1. The second kappa shape index (κ2) is 5.71. The summed E-state index contributed by atoms with van der Waals surface area (Å²) in [6.45, 7) is 6.33. The molecule has 0 saturated heterocycles. The summed E-state index contributed by atoms with van der Waals surface area (Å²) in [6, 6.07) is 5.41. The number of ether oxygens (including phenoxy) is 2. The van der Waals surface area contributed by atoms with Gasteiger partial charge in [-0.1, -0.05) is 6.92 Å². The molecule has 2 rings (SSSR count). The van der Waals surface area contributed by atoms with Crippen LogP contribution in [0.5, 0.6) is 11.5 Å². The Morgan fingerprint density at radius 1 is 1.35 bits per heavy atom. The van der Waals surface area contributed by atoms with Crippen molar-refractivity contribution in [2.24, 2.45) is 11.7 Å². The first kappa shape index (κ1) is 14.7. The third-order valence-corrected chi connectivity index (χ3v) is 3.21. The molecule has 5 heteroatoms. The first-order valence-electron chi connectivity index (χ1n) is 6.91. The number of nitrogens with one attached hydrogen (secondary N) is 1. The highest BCUT2D eigenvalue weighted by Crippen LogP contribution is 2.40. The molecule has 3 N–H and O–H groups in total. The molecular formula is C15H22N2O3. The first-order valence-corrected chi connectivity index (χ1v) is 6.91. The number of hydrogen-bond acceptors (Lipinski definition) is 4. The number of amides is 1. The smallest absolute Gasteiger partial charge is 0.246 e. The molecule has 0 aliphatic carbocycles. The minimum absolute atomic E-state index is 0.0107. The van der Waals surface area contributed by atoms with Gasteiger partial charge in [-0.2, -0.15) is 0 Å². The van der Waals surface area contributed by atoms with Gasteiger partial charge in [-0.3, -0.25) is 4.79 Å². The lowest BCUT2D eigenvalue weighted by Crippen LogP contribution is -2.29. The van der Waals surface area contributed by atoms with Gasteiger partial charge in [0.05, 0.1) is 0 Å². The number of nitrogens with two attached hydrogens (primary N) is 1. The van der Waals surface area contributed by atoms with Crippen LogP contribution >= 0.6 is 0 Å². The quantitative estimate of drug-likeness (QED) is 0.868. The number of carbonyl (C=O) groups is 1. The van der Waals surface area contributed by atoms with Gasteiger partial charge in [0.2, 0.25) is 11.7 Å². The van der Waals surface area contributed by atoms with E-state index in [1.807, 2.05) is 32.9 Å². The lowest BCUT2D eigenvalue weighted by atomic mass is 10.1. The van der Waals surface area contributed by atoms with Gasteiger partial charge in [-0.25, -0.2) is 0 Å². The summed E-state index contributed by atoms with van der Waals surface area (Å²) in [7, 11) is 0. The largest absolute Gasteiger partial charge is 0.449 e. The minimum atomic E-state index is -0.651. The first-order chi connectivity index (χ1) is 9.39. The summed E-state index contributed by atoms with van der Waals surface area (Å²) >= 11 is 0. The fourth-order valence-corrected chi connectivity index (χ4v) is 2.02. The van der Waals surface area contributed by atoms with Crippen molar-refractivity contribution in [3.63, 3.8) is 0 Å². The van der Waals surface area contributed by atoms with Crippen LogP contribution in [0.25, 0.3) is 0 Å². The Hall–Kier alpha value is -1.75. The Morgan fingerprint density at radius 3 is 2.75 bits per heavy atom. The zero-order chi connectivity index (χ0) is 14.8. The third-order valence-electron chi connectivity index (χ3n) is 3.21. The lowest BCUT2D eigenvalue weighted by Gasteiger charge is -2.16. The van der Waals surface area contributed by atoms with Crippen LogP contribution in [-0.4, -0.2) is 18.2 Å². The predicted octanol–water partition coefficient (Wildman–Crippen LogP) is 2.51. The van der Waals surface area contributed by atoms with Crippen LogP contribution in [-0.2, 0) is 4.79 Å². The van der Waals surface area contributed by atoms with Crippen molar-refractivity contribution in [3.05, 3.63) is 18.2 Å². The van der Waals surface area contributed by atoms with E-state index < -0.39 is 5.79 Å². The fraction of sp³-hybridized carbons (Fsp3) is 0.533. The Bertz CT molecular complexity index is 500. The molecule has 0 bridgehead atoms. The highest BCUT2D eigenvalue weighted by Gasteiger charge is 2.31. The van der Waals surface area contributed by atoms with E-state index in [1.54, 1.807) is 6.07 Å². The lowest BCUT2D eigenvalue weighted by molar-refractivity contribution is -0.116. The van der Waals surface area contributed by atoms with Gasteiger partial charge in [-0.05, 0) is 31.0 Å². The maximum atomic E-state index is 11.8. The molecule has 1 aromatic carbocycles. The van der Waals surface area contributed by atoms with Crippen molar-refractivity contribution in [3.8, 4) is 11.5 Å². The molecule has 1 aliphatic heterocycles. The van der Waals surface area contributed by atoms with Gasteiger partial charge >= 0.3 is 0 Å². The second-order valence-electron chi connectivity index (χ2n) is 5.69. The van der Waals surface area contributed by atoms with Gasteiger partial charge < -0.3 is 20.5 Å². The Labute approximate surface area is 119 Å². The van der Waals surface area contributed by atoms with Crippen LogP contribution in [0.2, 0.25) is 0 Å². The molecule has 0 saturated carbocycles. The van der Waals surface area contributed by atoms with Crippen molar-refractivity contribution in [1.82, 2.24) is 0 Å². The van der Waals surface area contributed by atoms with Crippen molar-refractivity contribution in [1.29, 1.82) is 0 Å². The zero-order valence-corrected chi connectivity index (χ0v) is 12.2. The van der Waals surface area contributed by atoms with E-state index in [9.17, 15) is 4.79 Å². The van der Waals surface area contributed by atoms with E-state index >= 15 is 0 Å². The molecule has 0 radical (unpaired) electrons. The second-order valence-corrected chi connectivity index (χ2v) is 5.69. The number of anilines is 1. The van der Waals surface area contributed by atoms with Gasteiger partial charge in [-0.15, -0.1) is 0 Å². The Balaban J connectivity index is 1.93. The normalized spacial score (nSPS) is 16.8. The predicted molar refractivity (Wildman–Crippen MR) is 77.9 cm³/mol. The molecule has 1 aliphatic rings. The summed E-state index contributed by atoms with van der Waals surface area (Å²) in [6.07, 6.45) is 1.26. The van der Waals surface area contributed by atoms with Crippen LogP contribution < -0.4 is 20.5 Å². The van der Waals surface area contributed by atoms with E-state index in [1.165, 1.54) is 0 Å². The van der Waals surface area contributed by atoms with Crippen LogP contribution in [0.1, 0.15) is 33.6 Å². The highest BCUT2D eigenvalue weighted by atomic mass is 16.7. The molecule has 1 heterocycles. The van der Waals surface area contributed by atoms with Crippen LogP contribution in [0.4, 0.5) is 5.69 Å². The van der Waals surface area contributed by atoms with Gasteiger partial charge in [0.25, 0.3) is 0 Å². The van der Waals surface area contributed by atoms with E-state index in [0.29, 0.717) is 30.4 Å². The minimum Gasteiger partial charge on any atom is -0.449 e. The number of rotatable bonds is 5. The number of carbonyl (C=O) groups excluding carboxylic acids is 1. The molecule has 110 valence electrons. The average molecular weight is 278 g/mol. The average Bonchev–Trinajstić information content (AvgIpc) is 2.69. The summed E-state index contributed by atoms with van der Waals surface area (Å²) in [5.41, 5.74) is 6.25. The summed E-state index contributed by atoms with van der Waals surface area (Å²) in [4.78, 5) is 11.8. The summed E-state index contributed by atoms with van der Waals surface area (Å²) < 4.78 is 11.2. The van der Waals surface area contributed by atoms with E-state index in [-0.39, 0.29) is 5.91 Å². The van der Waals surface area contributed by atoms with Crippen molar-refractivity contribution < 1.29 is 14.3 Å². The Kier molecular flexibility index (Phi) is 4.18. The van der Waals surface area contributed by atoms with Gasteiger partial charge in [0.15, 0.2) is 11.5 Å². The maximum absolute atomic E-state index is 11.8. The standard InChI is InChI=1S/C15H22N2O3/c1-10(9-16)4-7-14(18)17-11-5-6-12-13(8-11)20-15(2,3)19-12/h5-6,8,10H,4,7,9,16H2,1-3H3,(H,17,18). The molecular weight excluding hydrogens is 256 g/mol. The van der Waals surface area contributed by atoms with Crippen molar-refractivity contribution in [2.75, 3.05) is 11.9 Å². The molecule has 0 fully saturated rings. The summed E-state index contributed by atoms with van der Waals surface area (Å²) in [5.74, 6) is 1.05. The molecule has 0 spiro atoms. The Morgan fingerprint density at radius 2 is 2.05 bits per heavy atom. The van der Waals surface area contributed by atoms with Gasteiger partial charge in [0, 0.05) is 32.0 Å². The fourth-order valence-electron chi connectivity index (χ4n) is 2.02. The van der Waals surface area contributed by atoms with Crippen molar-refractivity contribution in [2.45, 2.75) is 39.4 Å². The van der Waals surface area contributed by atoms with E-state index in [0.717, 1.165) is 12.1 Å². The monoisotopic (exact) mass is 278 g/mol. The van der Waals surface area contributed by atoms with Gasteiger partial charge in [0.1, 0.15) is 0 Å². The highest BCUT2D eigenvalue weighted by molar-refractivity contribution is 5.91. The van der Waals surface area contributed by atoms with Crippen LogP contribution in [0.15, 0.2) is 18.2 Å². The van der Waals surface area contributed by atoms with E-state index in [4.69, 9.17) is 15.2 Å². The van der Waals surface area contributed by atoms with Crippen molar-refractivity contribution >= 4 is 11.6 Å². The van der Waals surface area contributed by atoms with Crippen LogP contribution in [0.3, 0.4) is 0 Å². The number of benzene rings is 1. The molecule has 0 aromatic heterocycles. The molecule has 1 atom stereocenters. The molecule has 1 amide bonds. The molecule has 1 unspecified atom stereocenters. The SMILES string of the molecule is CC(CN)CCC(=O)Nc1ccc2c(c1)OC(C)(C)O2. The summed E-state index contributed by atoms with van der Waals surface area (Å²) in [5, 5.41) is 2.86. The van der Waals surface area contributed by atoms with Crippen LogP contribution in [0, 0.1) is 5.92 Å².